The lowest BCUT2D eigenvalue weighted by molar-refractivity contribution is -0.138. The summed E-state index contributed by atoms with van der Waals surface area (Å²) in [6.45, 7) is 2.27. The number of halogens is 3. The minimum Gasteiger partial charge on any atom is -0.481 e. The van der Waals surface area contributed by atoms with E-state index in [0.29, 0.717) is 13.0 Å². The van der Waals surface area contributed by atoms with Gasteiger partial charge in [-0.3, -0.25) is 9.59 Å². The zero-order chi connectivity index (χ0) is 12.1. The first-order chi connectivity index (χ1) is 6.79. The van der Waals surface area contributed by atoms with Gasteiger partial charge in [0.15, 0.2) is 0 Å². The van der Waals surface area contributed by atoms with E-state index in [1.165, 1.54) is 4.90 Å². The van der Waals surface area contributed by atoms with Crippen molar-refractivity contribution in [2.24, 2.45) is 0 Å². The van der Waals surface area contributed by atoms with Crippen molar-refractivity contribution in [3.05, 3.63) is 0 Å². The predicted molar refractivity (Wildman–Crippen MR) is 59.4 cm³/mol. The zero-order valence-corrected chi connectivity index (χ0v) is 10.4. The third kappa shape index (κ3) is 6.07. The molecule has 0 aromatic rings. The van der Waals surface area contributed by atoms with Crippen LogP contribution in [0.4, 0.5) is 0 Å². The van der Waals surface area contributed by atoms with E-state index < -0.39 is 15.7 Å². The summed E-state index contributed by atoms with van der Waals surface area (Å²) in [6.07, 6.45) is 0.512. The maximum absolute atomic E-state index is 11.5. The maximum atomic E-state index is 11.5. The zero-order valence-electron chi connectivity index (χ0n) is 8.17. The number of carbonyl (C=O) groups excluding carboxylic acids is 1. The molecule has 0 atom stereocenters. The highest BCUT2D eigenvalue weighted by atomic mass is 35.6. The highest BCUT2D eigenvalue weighted by Crippen LogP contribution is 2.28. The number of hydrogen-bond donors (Lipinski definition) is 1. The van der Waals surface area contributed by atoms with E-state index in [-0.39, 0.29) is 13.0 Å². The lowest BCUT2D eigenvalue weighted by atomic mass is 10.3. The second-order valence-corrected chi connectivity index (χ2v) is 5.21. The van der Waals surface area contributed by atoms with Crippen LogP contribution < -0.4 is 0 Å². The predicted octanol–water partition coefficient (Wildman–Crippen LogP) is 2.07. The summed E-state index contributed by atoms with van der Waals surface area (Å²) in [5.41, 5.74) is 0. The molecule has 0 heterocycles. The standard InChI is InChI=1S/C8H12Cl3NO3/c1-2-4-12(5-3-6(13)14)7(15)8(9,10)11/h2-5H2,1H3,(H,13,14). The van der Waals surface area contributed by atoms with E-state index >= 15 is 0 Å². The molecular weight excluding hydrogens is 264 g/mol. The van der Waals surface area contributed by atoms with Crippen LogP contribution in [0, 0.1) is 0 Å². The van der Waals surface area contributed by atoms with Gasteiger partial charge in [0.2, 0.25) is 0 Å². The summed E-state index contributed by atoms with van der Waals surface area (Å²) in [5, 5.41) is 8.48. The SMILES string of the molecule is CCCN(CCC(=O)O)C(=O)C(Cl)(Cl)Cl. The van der Waals surface area contributed by atoms with E-state index in [9.17, 15) is 9.59 Å². The summed E-state index contributed by atoms with van der Waals surface area (Å²) in [4.78, 5) is 23.1. The fourth-order valence-corrected chi connectivity index (χ4v) is 1.35. The van der Waals surface area contributed by atoms with Crippen molar-refractivity contribution in [1.82, 2.24) is 4.90 Å². The van der Waals surface area contributed by atoms with Crippen LogP contribution in [0.3, 0.4) is 0 Å². The van der Waals surface area contributed by atoms with Gasteiger partial charge in [0.1, 0.15) is 0 Å². The van der Waals surface area contributed by atoms with Crippen molar-refractivity contribution >= 4 is 46.7 Å². The molecule has 88 valence electrons. The maximum Gasteiger partial charge on any atom is 0.305 e. The van der Waals surface area contributed by atoms with E-state index in [1.807, 2.05) is 6.92 Å². The molecule has 0 aliphatic heterocycles. The number of carboxylic acid groups (broad SMARTS) is 1. The molecule has 0 aromatic carbocycles. The van der Waals surface area contributed by atoms with Gasteiger partial charge < -0.3 is 10.0 Å². The third-order valence-electron chi connectivity index (χ3n) is 1.62. The van der Waals surface area contributed by atoms with Crippen LogP contribution in [0.5, 0.6) is 0 Å². The Kier molecular flexibility index (Phi) is 6.32. The second-order valence-electron chi connectivity index (χ2n) is 2.93. The van der Waals surface area contributed by atoms with Crippen LogP contribution in [0.1, 0.15) is 19.8 Å². The first-order valence-electron chi connectivity index (χ1n) is 4.37. The number of rotatable bonds is 5. The number of carbonyl (C=O) groups is 2. The quantitative estimate of drug-likeness (QED) is 0.782. The summed E-state index contributed by atoms with van der Waals surface area (Å²) in [6, 6.07) is 0. The van der Waals surface area contributed by atoms with E-state index in [2.05, 4.69) is 0 Å². The molecule has 0 aliphatic carbocycles. The van der Waals surface area contributed by atoms with Gasteiger partial charge in [-0.15, -0.1) is 0 Å². The number of aliphatic carboxylic acids is 1. The Hall–Kier alpha value is -0.190. The van der Waals surface area contributed by atoms with Gasteiger partial charge in [-0.2, -0.15) is 0 Å². The molecule has 0 rings (SSSR count). The Balaban J connectivity index is 4.38. The van der Waals surface area contributed by atoms with E-state index in [0.717, 1.165) is 0 Å². The lowest BCUT2D eigenvalue weighted by Gasteiger charge is -2.24. The first kappa shape index (κ1) is 14.8. The van der Waals surface area contributed by atoms with Crippen molar-refractivity contribution in [2.75, 3.05) is 13.1 Å². The van der Waals surface area contributed by atoms with Gasteiger partial charge in [-0.05, 0) is 6.42 Å². The van der Waals surface area contributed by atoms with Crippen LogP contribution >= 0.6 is 34.8 Å². The summed E-state index contributed by atoms with van der Waals surface area (Å²) in [7, 11) is 0. The number of carboxylic acids is 1. The minimum atomic E-state index is -2.02. The molecule has 1 N–H and O–H groups in total. The molecule has 7 heteroatoms. The molecule has 0 bridgehead atoms. The average Bonchev–Trinajstić information content (AvgIpc) is 2.09. The van der Waals surface area contributed by atoms with Crippen LogP contribution in [-0.4, -0.2) is 38.8 Å². The Labute approximate surface area is 103 Å². The van der Waals surface area contributed by atoms with Crippen molar-refractivity contribution < 1.29 is 14.7 Å². The van der Waals surface area contributed by atoms with E-state index in [1.54, 1.807) is 0 Å². The Morgan fingerprint density at radius 2 is 1.80 bits per heavy atom. The minimum absolute atomic E-state index is 0.0515. The Morgan fingerprint density at radius 1 is 1.27 bits per heavy atom. The van der Waals surface area contributed by atoms with Gasteiger partial charge in [-0.25, -0.2) is 0 Å². The van der Waals surface area contributed by atoms with Gasteiger partial charge in [-0.1, -0.05) is 41.7 Å². The van der Waals surface area contributed by atoms with Crippen LogP contribution in [0.2, 0.25) is 0 Å². The average molecular weight is 277 g/mol. The van der Waals surface area contributed by atoms with E-state index in [4.69, 9.17) is 39.9 Å². The topological polar surface area (TPSA) is 57.6 Å². The largest absolute Gasteiger partial charge is 0.481 e. The van der Waals surface area contributed by atoms with Crippen LogP contribution in [0.25, 0.3) is 0 Å². The summed E-state index contributed by atoms with van der Waals surface area (Å²) in [5.74, 6) is -1.68. The molecule has 0 saturated carbocycles. The molecule has 1 amide bonds. The van der Waals surface area contributed by atoms with Crippen molar-refractivity contribution in [2.45, 2.75) is 23.6 Å². The molecule has 0 saturated heterocycles. The van der Waals surface area contributed by atoms with Gasteiger partial charge >= 0.3 is 5.97 Å². The summed E-state index contributed by atoms with van der Waals surface area (Å²) >= 11 is 16.3. The number of nitrogens with zero attached hydrogens (tertiary/aromatic N) is 1. The van der Waals surface area contributed by atoms with Crippen molar-refractivity contribution in [3.8, 4) is 0 Å². The molecule has 0 radical (unpaired) electrons. The Morgan fingerprint density at radius 3 is 2.13 bits per heavy atom. The van der Waals surface area contributed by atoms with Crippen molar-refractivity contribution in [3.63, 3.8) is 0 Å². The molecular formula is C8H12Cl3NO3. The molecule has 0 fully saturated rings. The monoisotopic (exact) mass is 275 g/mol. The van der Waals surface area contributed by atoms with Crippen LogP contribution in [-0.2, 0) is 9.59 Å². The number of amides is 1. The highest BCUT2D eigenvalue weighted by Gasteiger charge is 2.34. The highest BCUT2D eigenvalue weighted by molar-refractivity contribution is 6.76. The van der Waals surface area contributed by atoms with Gasteiger partial charge in [0.05, 0.1) is 6.42 Å². The molecule has 15 heavy (non-hydrogen) atoms. The molecule has 0 spiro atoms. The smallest absolute Gasteiger partial charge is 0.305 e. The van der Waals surface area contributed by atoms with Crippen LogP contribution in [0.15, 0.2) is 0 Å². The summed E-state index contributed by atoms with van der Waals surface area (Å²) < 4.78 is -2.02. The van der Waals surface area contributed by atoms with Gasteiger partial charge in [0.25, 0.3) is 9.70 Å². The number of alkyl halides is 3. The van der Waals surface area contributed by atoms with Crippen molar-refractivity contribution in [1.29, 1.82) is 0 Å². The third-order valence-corrected chi connectivity index (χ3v) is 2.10. The lowest BCUT2D eigenvalue weighted by Crippen LogP contribution is -2.41. The molecule has 0 unspecified atom stereocenters. The fourth-order valence-electron chi connectivity index (χ4n) is 0.995. The number of hydrogen-bond acceptors (Lipinski definition) is 2. The Bertz CT molecular complexity index is 240. The second kappa shape index (κ2) is 6.40. The molecule has 4 nitrogen and oxygen atoms in total. The molecule has 0 aliphatic rings. The van der Waals surface area contributed by atoms with Gasteiger partial charge in [0, 0.05) is 13.1 Å². The normalized spacial score (nSPS) is 11.2. The fraction of sp³-hybridized carbons (Fsp3) is 0.750. The first-order valence-corrected chi connectivity index (χ1v) is 5.50. The molecule has 0 aromatic heterocycles.